The van der Waals surface area contributed by atoms with E-state index < -0.39 is 5.41 Å². The van der Waals surface area contributed by atoms with Crippen LogP contribution in [0.1, 0.15) is 49.8 Å². The molecule has 29 heavy (non-hydrogen) atoms. The molecule has 0 saturated heterocycles. The number of rotatable bonds is 2. The lowest BCUT2D eigenvalue weighted by Gasteiger charge is -2.35. The maximum atomic E-state index is 13.2. The number of aromatic nitrogens is 5. The van der Waals surface area contributed by atoms with Crippen LogP contribution in [0.3, 0.4) is 0 Å². The number of hydrogen-bond acceptors (Lipinski definition) is 6. The van der Waals surface area contributed by atoms with Crippen LogP contribution in [0.4, 0.5) is 17.3 Å². The number of amides is 1. The van der Waals surface area contributed by atoms with Crippen LogP contribution in [0.2, 0.25) is 0 Å². The molecule has 0 atom stereocenters. The zero-order valence-corrected chi connectivity index (χ0v) is 16.6. The molecular formula is C21H23N7O. The van der Waals surface area contributed by atoms with Gasteiger partial charge in [-0.05, 0) is 62.5 Å². The summed E-state index contributed by atoms with van der Waals surface area (Å²) in [6, 6.07) is 1.97. The molecule has 0 aromatic carbocycles. The highest BCUT2D eigenvalue weighted by molar-refractivity contribution is 6.07. The van der Waals surface area contributed by atoms with Crippen molar-refractivity contribution in [2.75, 3.05) is 17.3 Å². The van der Waals surface area contributed by atoms with Crippen LogP contribution in [-0.4, -0.2) is 37.5 Å². The normalized spacial score (nSPS) is 21.2. The molecular weight excluding hydrogens is 366 g/mol. The average molecular weight is 389 g/mol. The number of nitrogens with one attached hydrogen (secondary N) is 1. The molecule has 6 rings (SSSR count). The van der Waals surface area contributed by atoms with Crippen LogP contribution in [-0.2, 0) is 10.2 Å². The maximum absolute atomic E-state index is 13.2. The number of aryl methyl sites for hydroxylation is 1. The number of hydrogen-bond donors (Lipinski definition) is 1. The summed E-state index contributed by atoms with van der Waals surface area (Å²) in [5.74, 6) is 0.690. The van der Waals surface area contributed by atoms with Gasteiger partial charge in [-0.15, -0.1) is 0 Å². The summed E-state index contributed by atoms with van der Waals surface area (Å²) in [6.07, 6.45) is 11.9. The highest BCUT2D eigenvalue weighted by Crippen LogP contribution is 2.62. The average Bonchev–Trinajstić information content (AvgIpc) is 3.28. The van der Waals surface area contributed by atoms with Gasteiger partial charge in [-0.1, -0.05) is 0 Å². The van der Waals surface area contributed by atoms with E-state index in [0.717, 1.165) is 54.0 Å². The Labute approximate surface area is 168 Å². The zero-order valence-electron chi connectivity index (χ0n) is 16.6. The van der Waals surface area contributed by atoms with E-state index in [1.54, 1.807) is 15.6 Å². The summed E-state index contributed by atoms with van der Waals surface area (Å²) >= 11 is 0. The van der Waals surface area contributed by atoms with E-state index in [0.29, 0.717) is 11.4 Å². The molecule has 0 unspecified atom stereocenters. The van der Waals surface area contributed by atoms with E-state index in [-0.39, 0.29) is 5.91 Å². The predicted molar refractivity (Wildman–Crippen MR) is 108 cm³/mol. The second kappa shape index (κ2) is 5.52. The van der Waals surface area contributed by atoms with E-state index >= 15 is 0 Å². The van der Waals surface area contributed by atoms with Crippen molar-refractivity contribution in [1.82, 2.24) is 24.6 Å². The van der Waals surface area contributed by atoms with Crippen LogP contribution in [0.5, 0.6) is 0 Å². The molecule has 0 radical (unpaired) electrons. The molecule has 4 heterocycles. The Balaban J connectivity index is 1.38. The quantitative estimate of drug-likeness (QED) is 0.724. The number of pyridine rings is 1. The fourth-order valence-electron chi connectivity index (χ4n) is 5.11. The van der Waals surface area contributed by atoms with Crippen molar-refractivity contribution in [1.29, 1.82) is 0 Å². The first-order valence-corrected chi connectivity index (χ1v) is 10.2. The van der Waals surface area contributed by atoms with Gasteiger partial charge in [0.1, 0.15) is 6.33 Å². The molecule has 2 spiro atoms. The summed E-state index contributed by atoms with van der Waals surface area (Å²) in [6.45, 7) is 2.01. The molecule has 2 saturated carbocycles. The van der Waals surface area contributed by atoms with E-state index in [9.17, 15) is 4.79 Å². The lowest BCUT2D eigenvalue weighted by Crippen LogP contribution is -2.42. The number of nitrogens with zero attached hydrogens (tertiary/aromatic N) is 6. The highest BCUT2D eigenvalue weighted by Gasteiger charge is 2.57. The maximum Gasteiger partial charge on any atom is 0.239 e. The molecule has 3 aromatic rings. The molecule has 1 N–H and O–H groups in total. The molecule has 1 aliphatic heterocycles. The fraction of sp³-hybridized carbons (Fsp3) is 0.476. The molecule has 8 heteroatoms. The van der Waals surface area contributed by atoms with E-state index in [1.807, 2.05) is 26.2 Å². The molecule has 8 nitrogen and oxygen atoms in total. The summed E-state index contributed by atoms with van der Waals surface area (Å²) in [5, 5.41) is 7.52. The van der Waals surface area contributed by atoms with Crippen LogP contribution < -0.4 is 10.2 Å². The van der Waals surface area contributed by atoms with E-state index in [1.165, 1.54) is 19.2 Å². The Morgan fingerprint density at radius 3 is 2.62 bits per heavy atom. The highest BCUT2D eigenvalue weighted by atomic mass is 16.2. The largest absolute Gasteiger partial charge is 0.323 e. The Bertz CT molecular complexity index is 1150. The third-order valence-electron chi connectivity index (χ3n) is 7.29. The van der Waals surface area contributed by atoms with Gasteiger partial charge in [0.2, 0.25) is 11.9 Å². The fourth-order valence-corrected chi connectivity index (χ4v) is 5.11. The lowest BCUT2D eigenvalue weighted by atomic mass is 9.67. The third-order valence-corrected chi connectivity index (χ3v) is 7.29. The summed E-state index contributed by atoms with van der Waals surface area (Å²) in [4.78, 5) is 28.6. The molecule has 2 aliphatic carbocycles. The Hall–Kier alpha value is -3.03. The van der Waals surface area contributed by atoms with E-state index in [4.69, 9.17) is 4.98 Å². The van der Waals surface area contributed by atoms with Crippen LogP contribution in [0, 0.1) is 12.3 Å². The molecule has 148 valence electrons. The molecule has 3 aromatic heterocycles. The van der Waals surface area contributed by atoms with Crippen LogP contribution >= 0.6 is 0 Å². The molecule has 0 bridgehead atoms. The van der Waals surface area contributed by atoms with Crippen LogP contribution in [0.25, 0.3) is 5.65 Å². The van der Waals surface area contributed by atoms with Gasteiger partial charge in [0, 0.05) is 7.05 Å². The first-order chi connectivity index (χ1) is 14.0. The number of likely N-dealkylation sites (N-methyl/N-ethyl adjacent to an activating group) is 1. The Kier molecular flexibility index (Phi) is 3.21. The zero-order chi connectivity index (χ0) is 19.8. The van der Waals surface area contributed by atoms with Gasteiger partial charge in [0.15, 0.2) is 5.65 Å². The number of fused-ring (bicyclic) bond motifs is 3. The van der Waals surface area contributed by atoms with Crippen molar-refractivity contribution in [3.05, 3.63) is 36.0 Å². The lowest BCUT2D eigenvalue weighted by molar-refractivity contribution is -0.124. The second-order valence-electron chi connectivity index (χ2n) is 8.93. The van der Waals surface area contributed by atoms with Gasteiger partial charge in [0.25, 0.3) is 0 Å². The minimum Gasteiger partial charge on any atom is -0.323 e. The SMILES string of the molecule is Cc1cc2ncnn2cc1Nc1ncc2c(n1)C1(CCC3(CC3)CC1)C(=O)N2C. The van der Waals surface area contributed by atoms with Gasteiger partial charge < -0.3 is 10.2 Å². The Morgan fingerprint density at radius 2 is 1.86 bits per heavy atom. The van der Waals surface area contributed by atoms with Gasteiger partial charge in [-0.25, -0.2) is 19.5 Å². The van der Waals surface area contributed by atoms with Crippen LogP contribution in [0.15, 0.2) is 24.8 Å². The van der Waals surface area contributed by atoms with Gasteiger partial charge in [0.05, 0.1) is 34.9 Å². The third kappa shape index (κ3) is 2.34. The smallest absolute Gasteiger partial charge is 0.239 e. The first-order valence-electron chi connectivity index (χ1n) is 10.2. The summed E-state index contributed by atoms with van der Waals surface area (Å²) in [5.41, 5.74) is 4.47. The van der Waals surface area contributed by atoms with Gasteiger partial charge >= 0.3 is 0 Å². The minimum absolute atomic E-state index is 0.176. The van der Waals surface area contributed by atoms with Crippen molar-refractivity contribution >= 4 is 28.9 Å². The van der Waals surface area contributed by atoms with E-state index in [2.05, 4.69) is 20.4 Å². The number of carbonyl (C=O) groups excluding carboxylic acids is 1. The second-order valence-corrected chi connectivity index (χ2v) is 8.93. The minimum atomic E-state index is -0.484. The predicted octanol–water partition coefficient (Wildman–Crippen LogP) is 3.14. The molecule has 2 fully saturated rings. The van der Waals surface area contributed by atoms with Crippen molar-refractivity contribution in [2.24, 2.45) is 5.41 Å². The number of carbonyl (C=O) groups is 1. The Morgan fingerprint density at radius 1 is 1.10 bits per heavy atom. The molecule has 3 aliphatic rings. The first kappa shape index (κ1) is 16.9. The number of anilines is 3. The van der Waals surface area contributed by atoms with Crippen molar-refractivity contribution < 1.29 is 4.79 Å². The van der Waals surface area contributed by atoms with Crippen molar-refractivity contribution in [3.8, 4) is 0 Å². The van der Waals surface area contributed by atoms with Crippen molar-refractivity contribution in [3.63, 3.8) is 0 Å². The standard InChI is InChI=1S/C21H23N7O/c1-13-9-16-23-12-24-28(16)11-14(13)25-19-22-10-15-17(26-19)21(18(29)27(15)2)7-5-20(3-4-20)6-8-21/h9-12H,3-8H2,1-2H3,(H,22,25,26). The summed E-state index contributed by atoms with van der Waals surface area (Å²) < 4.78 is 1.72. The monoisotopic (exact) mass is 389 g/mol. The van der Waals surface area contributed by atoms with Gasteiger partial charge in [-0.3, -0.25) is 4.79 Å². The van der Waals surface area contributed by atoms with Crippen molar-refractivity contribution in [2.45, 2.75) is 50.9 Å². The van der Waals surface area contributed by atoms with Gasteiger partial charge in [-0.2, -0.15) is 5.10 Å². The molecule has 1 amide bonds. The summed E-state index contributed by atoms with van der Waals surface area (Å²) in [7, 11) is 1.84. The topological polar surface area (TPSA) is 88.3 Å².